The van der Waals surface area contributed by atoms with Crippen molar-refractivity contribution in [3.05, 3.63) is 23.8 Å². The molecule has 1 aliphatic heterocycles. The summed E-state index contributed by atoms with van der Waals surface area (Å²) in [5, 5.41) is 6.95. The van der Waals surface area contributed by atoms with E-state index in [2.05, 4.69) is 36.3 Å². The standard InChI is InChI=1S/C20H34N4O2.HI/c1-6-21-20(23-17-9-11-24(12-10-17)15(2)3)22-14-16-7-8-18(25-4)13-19(16)26-5;/h7-8,13,15,17H,6,9-12,14H2,1-5H3,(H2,21,22,23);1H. The summed E-state index contributed by atoms with van der Waals surface area (Å²) in [6.45, 7) is 10.3. The smallest absolute Gasteiger partial charge is 0.191 e. The predicted molar refractivity (Wildman–Crippen MR) is 123 cm³/mol. The van der Waals surface area contributed by atoms with E-state index in [0.29, 0.717) is 18.6 Å². The summed E-state index contributed by atoms with van der Waals surface area (Å²) < 4.78 is 10.7. The number of piperidine rings is 1. The van der Waals surface area contributed by atoms with E-state index in [0.717, 1.165) is 55.5 Å². The third-order valence-electron chi connectivity index (χ3n) is 4.85. The molecule has 0 unspecified atom stereocenters. The van der Waals surface area contributed by atoms with Crippen LogP contribution in [0.15, 0.2) is 23.2 Å². The number of rotatable bonds is 7. The number of halogens is 1. The Kier molecular flexibility index (Phi) is 10.8. The number of hydrogen-bond acceptors (Lipinski definition) is 4. The average molecular weight is 490 g/mol. The maximum atomic E-state index is 5.47. The van der Waals surface area contributed by atoms with E-state index < -0.39 is 0 Å². The van der Waals surface area contributed by atoms with Gasteiger partial charge in [0.05, 0.1) is 20.8 Å². The van der Waals surface area contributed by atoms with Gasteiger partial charge in [-0.1, -0.05) is 0 Å². The van der Waals surface area contributed by atoms with Crippen LogP contribution in [-0.4, -0.2) is 56.8 Å². The number of methoxy groups -OCH3 is 2. The number of likely N-dealkylation sites (tertiary alicyclic amines) is 1. The van der Waals surface area contributed by atoms with Crippen molar-refractivity contribution in [1.29, 1.82) is 0 Å². The van der Waals surface area contributed by atoms with Crippen molar-refractivity contribution in [1.82, 2.24) is 15.5 Å². The van der Waals surface area contributed by atoms with Gasteiger partial charge in [-0.05, 0) is 45.7 Å². The van der Waals surface area contributed by atoms with E-state index in [4.69, 9.17) is 14.5 Å². The van der Waals surface area contributed by atoms with Gasteiger partial charge in [-0.3, -0.25) is 0 Å². The third-order valence-corrected chi connectivity index (χ3v) is 4.85. The molecule has 1 aromatic rings. The van der Waals surface area contributed by atoms with Crippen LogP contribution in [0.2, 0.25) is 0 Å². The second kappa shape index (κ2) is 12.3. The molecule has 7 heteroatoms. The van der Waals surface area contributed by atoms with Crippen molar-refractivity contribution >= 4 is 29.9 Å². The van der Waals surface area contributed by atoms with Gasteiger partial charge in [-0.25, -0.2) is 4.99 Å². The van der Waals surface area contributed by atoms with Gasteiger partial charge in [0.15, 0.2) is 5.96 Å². The summed E-state index contributed by atoms with van der Waals surface area (Å²) in [5.41, 5.74) is 1.04. The Balaban J connectivity index is 0.00000364. The molecule has 0 aliphatic carbocycles. The molecule has 2 rings (SSSR count). The fourth-order valence-corrected chi connectivity index (χ4v) is 3.22. The van der Waals surface area contributed by atoms with Crippen molar-refractivity contribution in [3.8, 4) is 11.5 Å². The number of ether oxygens (including phenoxy) is 2. The van der Waals surface area contributed by atoms with Crippen LogP contribution in [0.3, 0.4) is 0 Å². The van der Waals surface area contributed by atoms with Crippen molar-refractivity contribution in [2.24, 2.45) is 4.99 Å². The van der Waals surface area contributed by atoms with E-state index in [1.807, 2.05) is 18.2 Å². The van der Waals surface area contributed by atoms with Crippen LogP contribution in [-0.2, 0) is 6.54 Å². The third kappa shape index (κ3) is 7.37. The maximum Gasteiger partial charge on any atom is 0.191 e. The van der Waals surface area contributed by atoms with Crippen LogP contribution in [0, 0.1) is 0 Å². The second-order valence-corrected chi connectivity index (χ2v) is 6.92. The molecule has 1 heterocycles. The Morgan fingerprint density at radius 1 is 1.22 bits per heavy atom. The second-order valence-electron chi connectivity index (χ2n) is 6.92. The number of nitrogens with one attached hydrogen (secondary N) is 2. The van der Waals surface area contributed by atoms with Gasteiger partial charge < -0.3 is 25.0 Å². The first-order chi connectivity index (χ1) is 12.6. The first-order valence-electron chi connectivity index (χ1n) is 9.57. The van der Waals surface area contributed by atoms with E-state index >= 15 is 0 Å². The highest BCUT2D eigenvalue weighted by molar-refractivity contribution is 14.0. The molecule has 0 atom stereocenters. The van der Waals surface area contributed by atoms with Crippen molar-refractivity contribution in [2.75, 3.05) is 33.9 Å². The van der Waals surface area contributed by atoms with Gasteiger partial charge in [0.1, 0.15) is 11.5 Å². The van der Waals surface area contributed by atoms with E-state index in [-0.39, 0.29) is 24.0 Å². The molecular formula is C20H35IN4O2. The summed E-state index contributed by atoms with van der Waals surface area (Å²) in [7, 11) is 3.33. The number of aliphatic imine (C=N–C) groups is 1. The monoisotopic (exact) mass is 490 g/mol. The minimum absolute atomic E-state index is 0. The van der Waals surface area contributed by atoms with Gasteiger partial charge in [0.25, 0.3) is 0 Å². The molecule has 1 saturated heterocycles. The molecule has 154 valence electrons. The van der Waals surface area contributed by atoms with Crippen LogP contribution in [0.25, 0.3) is 0 Å². The minimum atomic E-state index is 0. The first kappa shape index (κ1) is 23.8. The highest BCUT2D eigenvalue weighted by Gasteiger charge is 2.21. The molecule has 1 fully saturated rings. The molecule has 6 nitrogen and oxygen atoms in total. The molecule has 1 aliphatic rings. The van der Waals surface area contributed by atoms with E-state index in [9.17, 15) is 0 Å². The molecule has 1 aromatic carbocycles. The van der Waals surface area contributed by atoms with E-state index in [1.54, 1.807) is 14.2 Å². The average Bonchev–Trinajstić information content (AvgIpc) is 2.66. The van der Waals surface area contributed by atoms with Crippen LogP contribution in [0.5, 0.6) is 11.5 Å². The summed E-state index contributed by atoms with van der Waals surface area (Å²) in [6, 6.07) is 6.94. The Morgan fingerprint density at radius 2 is 1.93 bits per heavy atom. The Hall–Kier alpha value is -1.22. The van der Waals surface area contributed by atoms with Crippen molar-refractivity contribution < 1.29 is 9.47 Å². The topological polar surface area (TPSA) is 58.1 Å². The van der Waals surface area contributed by atoms with Crippen molar-refractivity contribution in [2.45, 2.75) is 52.2 Å². The summed E-state index contributed by atoms with van der Waals surface area (Å²) in [6.07, 6.45) is 2.29. The lowest BCUT2D eigenvalue weighted by Gasteiger charge is -2.35. The SMILES string of the molecule is CCNC(=NCc1ccc(OC)cc1OC)NC1CCN(C(C)C)CC1.I. The molecule has 0 radical (unpaired) electrons. The van der Waals surface area contributed by atoms with E-state index in [1.165, 1.54) is 0 Å². The lowest BCUT2D eigenvalue weighted by molar-refractivity contribution is 0.167. The fourth-order valence-electron chi connectivity index (χ4n) is 3.22. The van der Waals surface area contributed by atoms with Gasteiger partial charge in [0.2, 0.25) is 0 Å². The molecule has 0 spiro atoms. The quantitative estimate of drug-likeness (QED) is 0.349. The molecule has 0 saturated carbocycles. The Labute approximate surface area is 181 Å². The maximum absolute atomic E-state index is 5.47. The van der Waals surface area contributed by atoms with Crippen LogP contribution >= 0.6 is 24.0 Å². The summed E-state index contributed by atoms with van der Waals surface area (Å²) >= 11 is 0. The zero-order valence-corrected chi connectivity index (χ0v) is 19.6. The largest absolute Gasteiger partial charge is 0.497 e. The molecule has 0 amide bonds. The summed E-state index contributed by atoms with van der Waals surface area (Å²) in [4.78, 5) is 7.29. The van der Waals surface area contributed by atoms with Gasteiger partial charge >= 0.3 is 0 Å². The summed E-state index contributed by atoms with van der Waals surface area (Å²) in [5.74, 6) is 2.46. The van der Waals surface area contributed by atoms with Crippen molar-refractivity contribution in [3.63, 3.8) is 0 Å². The zero-order chi connectivity index (χ0) is 18.9. The highest BCUT2D eigenvalue weighted by Crippen LogP contribution is 2.25. The Morgan fingerprint density at radius 3 is 2.48 bits per heavy atom. The number of hydrogen-bond donors (Lipinski definition) is 2. The Bertz CT molecular complexity index is 587. The van der Waals surface area contributed by atoms with Gasteiger partial charge in [-0.2, -0.15) is 0 Å². The number of benzene rings is 1. The molecule has 27 heavy (non-hydrogen) atoms. The molecule has 0 bridgehead atoms. The molecule has 0 aromatic heterocycles. The normalized spacial score (nSPS) is 16.0. The highest BCUT2D eigenvalue weighted by atomic mass is 127. The predicted octanol–water partition coefficient (Wildman–Crippen LogP) is 3.25. The number of guanidine groups is 1. The van der Waals surface area contributed by atoms with Gasteiger partial charge in [-0.15, -0.1) is 24.0 Å². The lowest BCUT2D eigenvalue weighted by Crippen LogP contribution is -2.49. The fraction of sp³-hybridized carbons (Fsp3) is 0.650. The zero-order valence-electron chi connectivity index (χ0n) is 17.2. The van der Waals surface area contributed by atoms with Crippen LogP contribution < -0.4 is 20.1 Å². The van der Waals surface area contributed by atoms with Gasteiger partial charge in [0, 0.05) is 43.3 Å². The number of nitrogens with zero attached hydrogens (tertiary/aromatic N) is 2. The first-order valence-corrected chi connectivity index (χ1v) is 9.57. The molecule has 2 N–H and O–H groups in total. The minimum Gasteiger partial charge on any atom is -0.497 e. The lowest BCUT2D eigenvalue weighted by atomic mass is 10.0. The van der Waals surface area contributed by atoms with Crippen LogP contribution in [0.4, 0.5) is 0 Å². The van der Waals surface area contributed by atoms with Crippen LogP contribution in [0.1, 0.15) is 39.2 Å². The molecular weight excluding hydrogens is 455 g/mol.